The number of anilines is 1. The number of ether oxygens (including phenoxy) is 1. The van der Waals surface area contributed by atoms with E-state index >= 15 is 0 Å². The Hall–Kier alpha value is -1.43. The lowest BCUT2D eigenvalue weighted by Crippen LogP contribution is -2.21. The minimum atomic E-state index is -1.65. The molecule has 1 N–H and O–H groups in total. The van der Waals surface area contributed by atoms with Gasteiger partial charge in [0.25, 0.3) is 0 Å². The lowest BCUT2D eigenvalue weighted by molar-refractivity contribution is 0.164. The highest BCUT2D eigenvalue weighted by molar-refractivity contribution is 6.67. The van der Waals surface area contributed by atoms with Gasteiger partial charge in [-0.25, -0.2) is 4.79 Å². The molecule has 0 aliphatic carbocycles. The Morgan fingerprint density at radius 1 is 1.32 bits per heavy atom. The first-order valence-corrected chi connectivity index (χ1v) is 7.66. The molecule has 1 aromatic heterocycles. The Kier molecular flexibility index (Phi) is 5.56. The van der Waals surface area contributed by atoms with Crippen LogP contribution < -0.4 is 5.32 Å². The zero-order valence-electron chi connectivity index (χ0n) is 11.7. The number of carbonyl (C=O) groups excluding carboxylic acids is 1. The van der Waals surface area contributed by atoms with Gasteiger partial charge >= 0.3 is 6.09 Å². The van der Waals surface area contributed by atoms with E-state index in [1.54, 1.807) is 10.9 Å². The van der Waals surface area contributed by atoms with Crippen molar-refractivity contribution in [1.82, 2.24) is 9.78 Å². The first kappa shape index (κ1) is 16.9. The molecule has 118 valence electrons. The van der Waals surface area contributed by atoms with E-state index in [1.807, 2.05) is 37.3 Å². The number of hydrogen-bond acceptors (Lipinski definition) is 3. The van der Waals surface area contributed by atoms with Crippen LogP contribution >= 0.6 is 34.8 Å². The lowest BCUT2D eigenvalue weighted by Gasteiger charge is -2.13. The van der Waals surface area contributed by atoms with Gasteiger partial charge in [-0.1, -0.05) is 65.1 Å². The summed E-state index contributed by atoms with van der Waals surface area (Å²) in [5.74, 6) is 0. The number of rotatable bonds is 4. The summed E-state index contributed by atoms with van der Waals surface area (Å²) in [4.78, 5) is 11.8. The van der Waals surface area contributed by atoms with Gasteiger partial charge in [0.15, 0.2) is 0 Å². The third-order valence-electron chi connectivity index (χ3n) is 2.79. The van der Waals surface area contributed by atoms with Crippen LogP contribution in [-0.4, -0.2) is 26.3 Å². The topological polar surface area (TPSA) is 56.2 Å². The average molecular weight is 363 g/mol. The Bertz CT molecular complexity index is 639. The van der Waals surface area contributed by atoms with Gasteiger partial charge in [0.2, 0.25) is 3.79 Å². The number of nitrogens with one attached hydrogen (secondary N) is 1. The van der Waals surface area contributed by atoms with E-state index in [-0.39, 0.29) is 6.61 Å². The summed E-state index contributed by atoms with van der Waals surface area (Å²) in [5.41, 5.74) is 2.25. The van der Waals surface area contributed by atoms with E-state index in [9.17, 15) is 4.79 Å². The molecule has 22 heavy (non-hydrogen) atoms. The molecule has 0 aliphatic heterocycles. The van der Waals surface area contributed by atoms with E-state index in [2.05, 4.69) is 10.4 Å². The first-order valence-electron chi connectivity index (χ1n) is 6.52. The van der Waals surface area contributed by atoms with Crippen LogP contribution in [0.3, 0.4) is 0 Å². The second-order valence-electron chi connectivity index (χ2n) is 4.40. The summed E-state index contributed by atoms with van der Waals surface area (Å²) < 4.78 is 4.99. The largest absolute Gasteiger partial charge is 0.445 e. The van der Waals surface area contributed by atoms with Crippen molar-refractivity contribution in [3.63, 3.8) is 0 Å². The maximum Gasteiger partial charge on any atom is 0.411 e. The number of aryl methyl sites for hydroxylation is 1. The molecule has 2 aromatic rings. The Morgan fingerprint density at radius 2 is 2.00 bits per heavy atom. The third-order valence-corrected chi connectivity index (χ3v) is 3.12. The molecular formula is C14H14Cl3N3O2. The predicted molar refractivity (Wildman–Crippen MR) is 88.6 cm³/mol. The quantitative estimate of drug-likeness (QED) is 0.815. The molecule has 0 radical (unpaired) electrons. The van der Waals surface area contributed by atoms with E-state index in [0.29, 0.717) is 12.2 Å². The SMILES string of the molecule is CCn1ncc(NC(=O)OCC(Cl)(Cl)Cl)c1-c1ccccc1. The molecule has 0 spiro atoms. The van der Waals surface area contributed by atoms with E-state index in [0.717, 1.165) is 11.3 Å². The zero-order chi connectivity index (χ0) is 16.2. The number of alkyl halides is 3. The molecular weight excluding hydrogens is 349 g/mol. The molecule has 0 unspecified atom stereocenters. The smallest absolute Gasteiger partial charge is 0.411 e. The van der Waals surface area contributed by atoms with Crippen molar-refractivity contribution in [1.29, 1.82) is 0 Å². The van der Waals surface area contributed by atoms with Gasteiger partial charge in [-0.2, -0.15) is 5.10 Å². The van der Waals surface area contributed by atoms with Crippen molar-refractivity contribution in [2.24, 2.45) is 0 Å². The minimum absolute atomic E-state index is 0.341. The van der Waals surface area contributed by atoms with Crippen LogP contribution in [0.5, 0.6) is 0 Å². The third kappa shape index (κ3) is 4.53. The number of hydrogen-bond donors (Lipinski definition) is 1. The maximum atomic E-state index is 11.8. The summed E-state index contributed by atoms with van der Waals surface area (Å²) in [6.45, 7) is 2.28. The molecule has 5 nitrogen and oxygen atoms in total. The molecule has 0 atom stereocenters. The number of aromatic nitrogens is 2. The van der Waals surface area contributed by atoms with Crippen LogP contribution in [0.15, 0.2) is 36.5 Å². The number of carbonyl (C=O) groups is 1. The molecule has 0 bridgehead atoms. The van der Waals surface area contributed by atoms with Crippen LogP contribution in [0.25, 0.3) is 11.3 Å². The van der Waals surface area contributed by atoms with Gasteiger partial charge in [-0.15, -0.1) is 0 Å². The molecule has 0 saturated heterocycles. The maximum absolute atomic E-state index is 11.8. The fourth-order valence-electron chi connectivity index (χ4n) is 1.91. The summed E-state index contributed by atoms with van der Waals surface area (Å²) in [6, 6.07) is 9.60. The zero-order valence-corrected chi connectivity index (χ0v) is 14.0. The Labute approximate surface area is 143 Å². The van der Waals surface area contributed by atoms with Crippen LogP contribution in [-0.2, 0) is 11.3 Å². The lowest BCUT2D eigenvalue weighted by atomic mass is 10.1. The molecule has 8 heteroatoms. The normalized spacial score (nSPS) is 11.3. The molecule has 2 rings (SSSR count). The second kappa shape index (κ2) is 7.22. The van der Waals surface area contributed by atoms with Gasteiger partial charge in [-0.3, -0.25) is 10.00 Å². The van der Waals surface area contributed by atoms with E-state index in [4.69, 9.17) is 39.5 Å². The van der Waals surface area contributed by atoms with Crippen molar-refractivity contribution in [3.8, 4) is 11.3 Å². The number of amides is 1. The predicted octanol–water partition coefficient (Wildman–Crippen LogP) is 4.49. The Balaban J connectivity index is 2.18. The van der Waals surface area contributed by atoms with Crippen LogP contribution in [0, 0.1) is 0 Å². The first-order chi connectivity index (χ1) is 10.4. The highest BCUT2D eigenvalue weighted by atomic mass is 35.6. The average Bonchev–Trinajstić information content (AvgIpc) is 2.88. The van der Waals surface area contributed by atoms with Crippen LogP contribution in [0.1, 0.15) is 6.92 Å². The van der Waals surface area contributed by atoms with Crippen LogP contribution in [0.2, 0.25) is 0 Å². The van der Waals surface area contributed by atoms with Gasteiger partial charge in [0, 0.05) is 12.1 Å². The number of halogens is 3. The molecule has 0 aliphatic rings. The monoisotopic (exact) mass is 361 g/mol. The number of nitrogens with zero attached hydrogens (tertiary/aromatic N) is 2. The van der Waals surface area contributed by atoms with Crippen molar-refractivity contribution >= 4 is 46.6 Å². The second-order valence-corrected chi connectivity index (χ2v) is 6.92. The fraction of sp³-hybridized carbons (Fsp3) is 0.286. The van der Waals surface area contributed by atoms with E-state index in [1.165, 1.54) is 0 Å². The highest BCUT2D eigenvalue weighted by Crippen LogP contribution is 2.29. The molecule has 1 aromatic carbocycles. The van der Waals surface area contributed by atoms with Gasteiger partial charge < -0.3 is 4.74 Å². The summed E-state index contributed by atoms with van der Waals surface area (Å²) >= 11 is 16.6. The molecule has 1 amide bonds. The van der Waals surface area contributed by atoms with Crippen molar-refractivity contribution in [3.05, 3.63) is 36.5 Å². The summed E-state index contributed by atoms with van der Waals surface area (Å²) in [7, 11) is 0. The Morgan fingerprint density at radius 3 is 2.59 bits per heavy atom. The summed E-state index contributed by atoms with van der Waals surface area (Å²) in [5, 5.41) is 6.86. The molecule has 0 saturated carbocycles. The van der Waals surface area contributed by atoms with Gasteiger partial charge in [0.05, 0.1) is 17.6 Å². The van der Waals surface area contributed by atoms with Crippen LogP contribution in [0.4, 0.5) is 10.5 Å². The molecule has 1 heterocycles. The van der Waals surface area contributed by atoms with Crippen molar-refractivity contribution in [2.45, 2.75) is 17.3 Å². The minimum Gasteiger partial charge on any atom is -0.445 e. The molecule has 0 fully saturated rings. The summed E-state index contributed by atoms with van der Waals surface area (Å²) in [6.07, 6.45) is 0.849. The van der Waals surface area contributed by atoms with Gasteiger partial charge in [0.1, 0.15) is 6.61 Å². The van der Waals surface area contributed by atoms with Gasteiger partial charge in [-0.05, 0) is 6.92 Å². The fourth-order valence-corrected chi connectivity index (χ4v) is 2.07. The number of benzene rings is 1. The van der Waals surface area contributed by atoms with E-state index < -0.39 is 9.89 Å². The standard InChI is InChI=1S/C14H14Cl3N3O2/c1-2-20-12(10-6-4-3-5-7-10)11(8-18-20)19-13(21)22-9-14(15,16)17/h3-8H,2,9H2,1H3,(H,19,21). The van der Waals surface area contributed by atoms with Crippen molar-refractivity contribution in [2.75, 3.05) is 11.9 Å². The highest BCUT2D eigenvalue weighted by Gasteiger charge is 2.23. The van der Waals surface area contributed by atoms with Crippen molar-refractivity contribution < 1.29 is 9.53 Å².